The number of aromatic nitrogens is 4. The SMILES string of the molecule is C=Cc1nc2c3ccc4c5c(ccc(c(=O)n2c1C=C)c35)c(=O)n1c(=C/C)/c(=C\C)nc41. The fraction of sp³-hybridized carbons (Fsp3) is 0.0769. The van der Waals surface area contributed by atoms with Crippen molar-refractivity contribution in [3.8, 4) is 0 Å². The van der Waals surface area contributed by atoms with Crippen molar-refractivity contribution >= 4 is 67.9 Å². The van der Waals surface area contributed by atoms with E-state index in [1.807, 2.05) is 38.1 Å². The van der Waals surface area contributed by atoms with Crippen molar-refractivity contribution in [3.05, 3.63) is 80.2 Å². The molecule has 32 heavy (non-hydrogen) atoms. The minimum absolute atomic E-state index is 0.148. The zero-order valence-electron chi connectivity index (χ0n) is 17.6. The van der Waals surface area contributed by atoms with Gasteiger partial charge in [-0.3, -0.25) is 18.4 Å². The molecule has 154 valence electrons. The molecule has 6 nitrogen and oxygen atoms in total. The topological polar surface area (TPSA) is 68.7 Å². The van der Waals surface area contributed by atoms with Crippen LogP contribution in [0.2, 0.25) is 0 Å². The second-order valence-corrected chi connectivity index (χ2v) is 7.75. The van der Waals surface area contributed by atoms with Crippen LogP contribution >= 0.6 is 0 Å². The lowest BCUT2D eigenvalue weighted by Gasteiger charge is -2.12. The zero-order valence-corrected chi connectivity index (χ0v) is 17.6. The van der Waals surface area contributed by atoms with E-state index in [-0.39, 0.29) is 11.1 Å². The third-order valence-electron chi connectivity index (χ3n) is 6.33. The Morgan fingerprint density at radius 1 is 0.750 bits per heavy atom. The molecule has 6 heteroatoms. The van der Waals surface area contributed by atoms with E-state index in [0.29, 0.717) is 33.5 Å². The number of benzene rings is 2. The average Bonchev–Trinajstić information content (AvgIpc) is 3.39. The van der Waals surface area contributed by atoms with Gasteiger partial charge < -0.3 is 0 Å². The molecule has 0 amide bonds. The predicted molar refractivity (Wildman–Crippen MR) is 131 cm³/mol. The summed E-state index contributed by atoms with van der Waals surface area (Å²) in [6.07, 6.45) is 7.02. The van der Waals surface area contributed by atoms with E-state index >= 15 is 0 Å². The fourth-order valence-corrected chi connectivity index (χ4v) is 4.97. The monoisotopic (exact) mass is 418 g/mol. The number of hydrogen-bond acceptors (Lipinski definition) is 4. The van der Waals surface area contributed by atoms with Crippen LogP contribution in [0.4, 0.5) is 0 Å². The third kappa shape index (κ3) is 1.94. The molecule has 0 atom stereocenters. The molecule has 0 aliphatic carbocycles. The van der Waals surface area contributed by atoms with Crippen LogP contribution in [-0.4, -0.2) is 18.8 Å². The van der Waals surface area contributed by atoms with Crippen molar-refractivity contribution in [3.63, 3.8) is 0 Å². The first-order valence-corrected chi connectivity index (χ1v) is 10.3. The van der Waals surface area contributed by atoms with Gasteiger partial charge >= 0.3 is 0 Å². The summed E-state index contributed by atoms with van der Waals surface area (Å²) >= 11 is 0. The molecule has 6 rings (SSSR count). The summed E-state index contributed by atoms with van der Waals surface area (Å²) < 4.78 is 3.23. The standard InChI is InChI=1S/C26H18N4O2/c1-5-17-19(7-3)29-23(27-17)13-9-10-14-22-16(12-11-15(21(13)22)25(29)31)26(32)30-20(8-4)18(6-2)28-24(14)30/h5-12H,1,3H2,2,4H3/b18-6+,20-8+. The van der Waals surface area contributed by atoms with Gasteiger partial charge in [-0.25, -0.2) is 9.97 Å². The summed E-state index contributed by atoms with van der Waals surface area (Å²) in [6, 6.07) is 7.39. The molecule has 0 saturated heterocycles. The maximum Gasteiger partial charge on any atom is 0.264 e. The van der Waals surface area contributed by atoms with Crippen molar-refractivity contribution in [1.82, 2.24) is 18.8 Å². The van der Waals surface area contributed by atoms with Crippen LogP contribution in [0.25, 0.3) is 67.9 Å². The Morgan fingerprint density at radius 3 is 1.84 bits per heavy atom. The highest BCUT2D eigenvalue weighted by atomic mass is 16.1. The van der Waals surface area contributed by atoms with E-state index < -0.39 is 0 Å². The minimum Gasteiger partial charge on any atom is -0.268 e. The highest BCUT2D eigenvalue weighted by Crippen LogP contribution is 2.35. The molecule has 2 aromatic carbocycles. The molecule has 0 N–H and O–H groups in total. The number of imidazole rings is 2. The summed E-state index contributed by atoms with van der Waals surface area (Å²) in [7, 11) is 0. The van der Waals surface area contributed by atoms with Crippen molar-refractivity contribution < 1.29 is 0 Å². The Labute approximate surface area is 181 Å². The van der Waals surface area contributed by atoms with Crippen molar-refractivity contribution in [2.24, 2.45) is 0 Å². The van der Waals surface area contributed by atoms with Gasteiger partial charge in [-0.1, -0.05) is 25.3 Å². The van der Waals surface area contributed by atoms with E-state index in [4.69, 9.17) is 4.98 Å². The number of pyridine rings is 2. The normalized spacial score (nSPS) is 13.6. The van der Waals surface area contributed by atoms with Gasteiger partial charge in [-0.05, 0) is 50.3 Å². The second kappa shape index (κ2) is 6.11. The van der Waals surface area contributed by atoms with Gasteiger partial charge in [0.1, 0.15) is 11.3 Å². The molecule has 0 fully saturated rings. The van der Waals surface area contributed by atoms with Gasteiger partial charge in [-0.2, -0.15) is 0 Å². The Hall–Kier alpha value is -4.32. The number of rotatable bonds is 2. The van der Waals surface area contributed by atoms with E-state index in [9.17, 15) is 9.59 Å². The Kier molecular flexibility index (Phi) is 3.52. The van der Waals surface area contributed by atoms with E-state index in [1.165, 1.54) is 0 Å². The van der Waals surface area contributed by atoms with Gasteiger partial charge in [-0.15, -0.1) is 0 Å². The average molecular weight is 418 g/mol. The number of nitrogens with zero attached hydrogens (tertiary/aromatic N) is 4. The predicted octanol–water partition coefficient (Wildman–Crippen LogP) is 2.92. The molecule has 6 aromatic rings. The quantitative estimate of drug-likeness (QED) is 0.406. The Bertz CT molecular complexity index is 2030. The highest BCUT2D eigenvalue weighted by molar-refractivity contribution is 6.27. The maximum atomic E-state index is 13.6. The maximum absolute atomic E-state index is 13.6. The van der Waals surface area contributed by atoms with Crippen LogP contribution in [0.15, 0.2) is 47.0 Å². The minimum atomic E-state index is -0.196. The molecule has 4 heterocycles. The molecule has 0 radical (unpaired) electrons. The second-order valence-electron chi connectivity index (χ2n) is 7.75. The smallest absolute Gasteiger partial charge is 0.264 e. The third-order valence-corrected chi connectivity index (χ3v) is 6.33. The molecule has 0 unspecified atom stereocenters. The molecule has 0 saturated carbocycles. The molecular weight excluding hydrogens is 400 g/mol. The molecule has 0 spiro atoms. The Balaban J connectivity index is 2.01. The van der Waals surface area contributed by atoms with E-state index in [1.54, 1.807) is 33.1 Å². The van der Waals surface area contributed by atoms with Gasteiger partial charge in [0.25, 0.3) is 11.1 Å². The van der Waals surface area contributed by atoms with Crippen molar-refractivity contribution in [2.45, 2.75) is 13.8 Å². The number of hydrogen-bond donors (Lipinski definition) is 0. The van der Waals surface area contributed by atoms with Gasteiger partial charge in [0, 0.05) is 32.3 Å². The first-order valence-electron chi connectivity index (χ1n) is 10.3. The Morgan fingerprint density at radius 2 is 1.31 bits per heavy atom. The van der Waals surface area contributed by atoms with Crippen molar-refractivity contribution in [2.75, 3.05) is 0 Å². The van der Waals surface area contributed by atoms with Gasteiger partial charge in [0.15, 0.2) is 0 Å². The number of fused-ring (bicyclic) bond motifs is 4. The van der Waals surface area contributed by atoms with Crippen LogP contribution in [0, 0.1) is 0 Å². The fourth-order valence-electron chi connectivity index (χ4n) is 4.97. The molecule has 0 aliphatic rings. The van der Waals surface area contributed by atoms with Crippen LogP contribution in [0.3, 0.4) is 0 Å². The summed E-state index contributed by atoms with van der Waals surface area (Å²) in [5.74, 6) is 0. The lowest BCUT2D eigenvalue weighted by molar-refractivity contribution is 1.09. The lowest BCUT2D eigenvalue weighted by atomic mass is 9.96. The highest BCUT2D eigenvalue weighted by Gasteiger charge is 2.22. The van der Waals surface area contributed by atoms with Crippen molar-refractivity contribution in [1.29, 1.82) is 0 Å². The van der Waals surface area contributed by atoms with Crippen LogP contribution in [0.1, 0.15) is 25.2 Å². The van der Waals surface area contributed by atoms with Crippen LogP contribution in [-0.2, 0) is 0 Å². The van der Waals surface area contributed by atoms with Crippen LogP contribution < -0.4 is 21.8 Å². The summed E-state index contributed by atoms with van der Waals surface area (Å²) in [5, 5.41) is 5.72. The molecule has 0 aliphatic heterocycles. The first kappa shape index (κ1) is 18.4. The molecule has 4 aromatic heterocycles. The first-order chi connectivity index (χ1) is 15.5. The largest absolute Gasteiger partial charge is 0.268 e. The summed E-state index contributed by atoms with van der Waals surface area (Å²) in [4.78, 5) is 36.5. The van der Waals surface area contributed by atoms with Gasteiger partial charge in [0.05, 0.1) is 22.1 Å². The lowest BCUT2D eigenvalue weighted by Crippen LogP contribution is -2.32. The van der Waals surface area contributed by atoms with E-state index in [0.717, 1.165) is 32.2 Å². The van der Waals surface area contributed by atoms with Gasteiger partial charge in [0.2, 0.25) is 0 Å². The molecule has 0 bridgehead atoms. The molecular formula is C26H18N4O2. The zero-order chi connectivity index (χ0) is 22.3. The van der Waals surface area contributed by atoms with E-state index in [2.05, 4.69) is 18.1 Å². The van der Waals surface area contributed by atoms with Crippen LogP contribution in [0.5, 0.6) is 0 Å². The summed E-state index contributed by atoms with van der Waals surface area (Å²) in [5.41, 5.74) is 1.98. The summed E-state index contributed by atoms with van der Waals surface area (Å²) in [6.45, 7) is 11.5.